The number of aliphatic hydroxyl groups excluding tert-OH is 1. The molecule has 60 heavy (non-hydrogen) atoms. The molecule has 2 atom stereocenters. The van der Waals surface area contributed by atoms with Crippen LogP contribution in [0.3, 0.4) is 0 Å². The second kappa shape index (κ2) is 44.1. The van der Waals surface area contributed by atoms with Crippen molar-refractivity contribution in [3.8, 4) is 0 Å². The first-order chi connectivity index (χ1) is 29.3. The first-order valence-electron chi connectivity index (χ1n) is 22.8. The average Bonchev–Trinajstić information content (AvgIpc) is 3.23. The van der Waals surface area contributed by atoms with Crippen LogP contribution in [0.2, 0.25) is 0 Å². The number of allylic oxidation sites excluding steroid dienone is 17. The van der Waals surface area contributed by atoms with Gasteiger partial charge in [-0.05, 0) is 109 Å². The van der Waals surface area contributed by atoms with Crippen LogP contribution in [0.1, 0.15) is 162 Å². The number of carbonyl (C=O) groups excluding carboxylic acids is 3. The third-order valence-corrected chi connectivity index (χ3v) is 9.24. The SMILES string of the molecule is CC/C=C\C/C=C\C/C=C\C/C=C\C/C=C\C/C=C\CCCCC(=O)OC(/C=C\C/C=C\C/C=C\CCCCC)CCCCCCCC(=O)NCC(=O)NC(CO)C(=O)O. The van der Waals surface area contributed by atoms with Crippen molar-refractivity contribution in [2.45, 2.75) is 174 Å². The second-order valence-electron chi connectivity index (χ2n) is 14.8. The van der Waals surface area contributed by atoms with Gasteiger partial charge in [-0.2, -0.15) is 0 Å². The monoisotopic (exact) mass is 833 g/mol. The van der Waals surface area contributed by atoms with E-state index in [1.54, 1.807) is 0 Å². The van der Waals surface area contributed by atoms with Gasteiger partial charge in [-0.25, -0.2) is 4.79 Å². The smallest absolute Gasteiger partial charge is 0.328 e. The molecule has 0 aliphatic rings. The second-order valence-corrected chi connectivity index (χ2v) is 14.8. The van der Waals surface area contributed by atoms with Gasteiger partial charge in [0.15, 0.2) is 0 Å². The fourth-order valence-electron chi connectivity index (χ4n) is 5.76. The average molecular weight is 833 g/mol. The van der Waals surface area contributed by atoms with Crippen molar-refractivity contribution >= 4 is 23.8 Å². The summed E-state index contributed by atoms with van der Waals surface area (Å²) in [4.78, 5) is 47.6. The van der Waals surface area contributed by atoms with Gasteiger partial charge >= 0.3 is 11.9 Å². The summed E-state index contributed by atoms with van der Waals surface area (Å²) in [5.74, 6) is -2.46. The third-order valence-electron chi connectivity index (χ3n) is 9.24. The molecule has 0 saturated carbocycles. The molecule has 4 N–H and O–H groups in total. The molecule has 0 spiro atoms. The number of aliphatic hydroxyl groups is 1. The molecule has 0 aliphatic carbocycles. The van der Waals surface area contributed by atoms with Gasteiger partial charge in [0.1, 0.15) is 12.1 Å². The van der Waals surface area contributed by atoms with Crippen molar-refractivity contribution in [1.29, 1.82) is 0 Å². The maximum absolute atomic E-state index is 12.8. The molecule has 9 heteroatoms. The van der Waals surface area contributed by atoms with E-state index in [4.69, 9.17) is 14.9 Å². The first-order valence-corrected chi connectivity index (χ1v) is 22.8. The van der Waals surface area contributed by atoms with E-state index in [0.717, 1.165) is 109 Å². The molecule has 2 amide bonds. The van der Waals surface area contributed by atoms with Crippen LogP contribution in [0.5, 0.6) is 0 Å². The Hall–Kier alpha value is -4.50. The van der Waals surface area contributed by atoms with E-state index in [2.05, 4.69) is 128 Å². The van der Waals surface area contributed by atoms with Crippen molar-refractivity contribution in [3.05, 3.63) is 109 Å². The summed E-state index contributed by atoms with van der Waals surface area (Å²) in [5.41, 5.74) is 0. The van der Waals surface area contributed by atoms with Crippen LogP contribution >= 0.6 is 0 Å². The molecule has 0 heterocycles. The Morgan fingerprint density at radius 1 is 0.533 bits per heavy atom. The Labute approximate surface area is 363 Å². The van der Waals surface area contributed by atoms with Crippen LogP contribution in [-0.2, 0) is 23.9 Å². The molecule has 0 fully saturated rings. The lowest BCUT2D eigenvalue weighted by molar-refractivity contribution is -0.147. The summed E-state index contributed by atoms with van der Waals surface area (Å²) in [5, 5.41) is 22.5. The van der Waals surface area contributed by atoms with E-state index in [-0.39, 0.29) is 30.9 Å². The van der Waals surface area contributed by atoms with E-state index >= 15 is 0 Å². The normalized spacial score (nSPS) is 13.5. The van der Waals surface area contributed by atoms with Gasteiger partial charge in [-0.15, -0.1) is 0 Å². The van der Waals surface area contributed by atoms with E-state index in [0.29, 0.717) is 12.8 Å². The van der Waals surface area contributed by atoms with Crippen molar-refractivity contribution < 1.29 is 34.1 Å². The quantitative estimate of drug-likeness (QED) is 0.0274. The molecule has 336 valence electrons. The molecular formula is C51H80N2O7. The molecule has 0 rings (SSSR count). The van der Waals surface area contributed by atoms with Crippen molar-refractivity contribution in [3.63, 3.8) is 0 Å². The number of esters is 1. The fraction of sp³-hybridized carbons (Fsp3) is 0.569. The number of ether oxygens (including phenoxy) is 1. The van der Waals surface area contributed by atoms with Crippen molar-refractivity contribution in [2.24, 2.45) is 0 Å². The van der Waals surface area contributed by atoms with Gasteiger partial charge in [-0.1, -0.05) is 149 Å². The Kier molecular flexibility index (Phi) is 40.8. The zero-order valence-electron chi connectivity index (χ0n) is 37.2. The number of nitrogens with one attached hydrogen (secondary N) is 2. The number of amides is 2. The maximum atomic E-state index is 12.8. The summed E-state index contributed by atoms with van der Waals surface area (Å²) >= 11 is 0. The molecule has 0 radical (unpaired) electrons. The largest absolute Gasteiger partial charge is 0.480 e. The zero-order valence-corrected chi connectivity index (χ0v) is 37.2. The van der Waals surface area contributed by atoms with Crippen LogP contribution in [-0.4, -0.2) is 59.3 Å². The highest BCUT2D eigenvalue weighted by molar-refractivity contribution is 5.87. The fourth-order valence-corrected chi connectivity index (χ4v) is 5.76. The molecule has 0 aliphatic heterocycles. The topological polar surface area (TPSA) is 142 Å². The highest BCUT2D eigenvalue weighted by Crippen LogP contribution is 2.14. The predicted octanol–water partition coefficient (Wildman–Crippen LogP) is 11.6. The summed E-state index contributed by atoms with van der Waals surface area (Å²) in [6.45, 7) is 3.30. The Bertz CT molecular complexity index is 1370. The summed E-state index contributed by atoms with van der Waals surface area (Å²) in [7, 11) is 0. The van der Waals surface area contributed by atoms with Gasteiger partial charge < -0.3 is 25.6 Å². The highest BCUT2D eigenvalue weighted by atomic mass is 16.5. The maximum Gasteiger partial charge on any atom is 0.328 e. The molecular weight excluding hydrogens is 753 g/mol. The number of hydrogen-bond acceptors (Lipinski definition) is 6. The van der Waals surface area contributed by atoms with Crippen LogP contribution < -0.4 is 10.6 Å². The summed E-state index contributed by atoms with van der Waals surface area (Å²) in [6.07, 6.45) is 59.9. The minimum atomic E-state index is -1.40. The number of hydrogen-bond donors (Lipinski definition) is 4. The molecule has 0 saturated heterocycles. The lowest BCUT2D eigenvalue weighted by atomic mass is 10.1. The molecule has 2 unspecified atom stereocenters. The number of rotatable bonds is 39. The van der Waals surface area contributed by atoms with Gasteiger partial charge in [0.05, 0.1) is 13.2 Å². The molecule has 0 aromatic heterocycles. The molecule has 0 aromatic rings. The predicted molar refractivity (Wildman–Crippen MR) is 249 cm³/mol. The number of aliphatic carboxylic acids is 1. The van der Waals surface area contributed by atoms with Crippen LogP contribution in [0, 0.1) is 0 Å². The zero-order chi connectivity index (χ0) is 44.0. The molecule has 9 nitrogen and oxygen atoms in total. The minimum absolute atomic E-state index is 0.161. The van der Waals surface area contributed by atoms with Gasteiger partial charge in [0, 0.05) is 12.8 Å². The molecule has 0 aromatic carbocycles. The van der Waals surface area contributed by atoms with Gasteiger partial charge in [0.2, 0.25) is 11.8 Å². The van der Waals surface area contributed by atoms with E-state index in [1.807, 2.05) is 6.08 Å². The standard InChI is InChI=1S/C51H80N2O7/c1-3-5-7-9-11-13-15-16-17-18-19-20-21-22-23-24-26-28-30-35-39-43-50(57)60-46(40-36-32-29-27-25-14-12-10-8-6-4-2)41-37-33-31-34-38-42-48(55)52-44-49(56)53-47(45-54)51(58)59/h5,7,11-14,16-17,19-20,22-23,26-29,36,40,46-47,54H,3-4,6,8-10,15,18,21,24-25,30-35,37-39,41-45H2,1-2H3,(H,52,55)(H,53,56)(H,58,59)/b7-5-,13-11-,14-12-,17-16-,20-19-,23-22-,28-26-,29-27-,40-36-. The van der Waals surface area contributed by atoms with E-state index in [9.17, 15) is 19.2 Å². The van der Waals surface area contributed by atoms with Gasteiger partial charge in [0.25, 0.3) is 0 Å². The van der Waals surface area contributed by atoms with E-state index in [1.165, 1.54) is 19.3 Å². The third kappa shape index (κ3) is 40.3. The highest BCUT2D eigenvalue weighted by Gasteiger charge is 2.18. The van der Waals surface area contributed by atoms with Crippen molar-refractivity contribution in [1.82, 2.24) is 10.6 Å². The molecule has 0 bridgehead atoms. The minimum Gasteiger partial charge on any atom is -0.480 e. The lowest BCUT2D eigenvalue weighted by Gasteiger charge is -2.14. The number of unbranched alkanes of at least 4 members (excludes halogenated alkanes) is 9. The van der Waals surface area contributed by atoms with Crippen LogP contribution in [0.15, 0.2) is 109 Å². The van der Waals surface area contributed by atoms with Crippen molar-refractivity contribution in [2.75, 3.05) is 13.2 Å². The van der Waals surface area contributed by atoms with E-state index < -0.39 is 24.5 Å². The number of carboxylic acid groups (broad SMARTS) is 1. The number of carbonyl (C=O) groups is 4. The Balaban J connectivity index is 4.48. The number of carboxylic acids is 1. The first kappa shape index (κ1) is 55.5. The summed E-state index contributed by atoms with van der Waals surface area (Å²) < 4.78 is 5.90. The Morgan fingerprint density at radius 3 is 1.52 bits per heavy atom. The lowest BCUT2D eigenvalue weighted by Crippen LogP contribution is -2.47. The van der Waals surface area contributed by atoms with Crippen LogP contribution in [0.4, 0.5) is 0 Å². The van der Waals surface area contributed by atoms with Crippen LogP contribution in [0.25, 0.3) is 0 Å². The Morgan fingerprint density at radius 2 is 1.00 bits per heavy atom. The summed E-state index contributed by atoms with van der Waals surface area (Å²) in [6, 6.07) is -1.40. The van der Waals surface area contributed by atoms with Gasteiger partial charge in [-0.3, -0.25) is 14.4 Å².